The summed E-state index contributed by atoms with van der Waals surface area (Å²) in [5.74, 6) is 0. The van der Waals surface area contributed by atoms with Gasteiger partial charge in [0.1, 0.15) is 0 Å². The summed E-state index contributed by atoms with van der Waals surface area (Å²) in [7, 11) is 4.32. The maximum atomic E-state index is 5.88. The van der Waals surface area contributed by atoms with Crippen LogP contribution in [0.4, 0.5) is 0 Å². The summed E-state index contributed by atoms with van der Waals surface area (Å²) < 4.78 is 0. The molecule has 0 aromatic carbocycles. The highest BCUT2D eigenvalue weighted by Crippen LogP contribution is 2.22. The molecule has 1 fully saturated rings. The molecular weight excluding hydrogens is 186 g/mol. The van der Waals surface area contributed by atoms with Crippen LogP contribution >= 0.6 is 0 Å². The minimum Gasteiger partial charge on any atom is -0.329 e. The lowest BCUT2D eigenvalue weighted by atomic mass is 10.1. The second-order valence-electron chi connectivity index (χ2n) is 4.97. The molecule has 3 nitrogen and oxygen atoms in total. The summed E-state index contributed by atoms with van der Waals surface area (Å²) in [6.07, 6.45) is 5.19. The Morgan fingerprint density at radius 3 is 2.73 bits per heavy atom. The van der Waals surface area contributed by atoms with Gasteiger partial charge in [0.15, 0.2) is 0 Å². The zero-order chi connectivity index (χ0) is 11.3. The Kier molecular flexibility index (Phi) is 5.58. The molecule has 1 heterocycles. The maximum absolute atomic E-state index is 5.88. The quantitative estimate of drug-likeness (QED) is 0.718. The highest BCUT2D eigenvalue weighted by Gasteiger charge is 2.29. The van der Waals surface area contributed by atoms with Crippen molar-refractivity contribution >= 4 is 0 Å². The molecule has 0 saturated carbocycles. The fraction of sp³-hybridized carbons (Fsp3) is 1.00. The van der Waals surface area contributed by atoms with Gasteiger partial charge in [-0.05, 0) is 39.9 Å². The van der Waals surface area contributed by atoms with Crippen LogP contribution in [0.15, 0.2) is 0 Å². The number of hydrogen-bond acceptors (Lipinski definition) is 3. The molecular formula is C12H27N3. The van der Waals surface area contributed by atoms with Crippen LogP contribution in [-0.4, -0.2) is 55.6 Å². The van der Waals surface area contributed by atoms with Crippen molar-refractivity contribution in [3.63, 3.8) is 0 Å². The zero-order valence-electron chi connectivity index (χ0n) is 10.6. The summed E-state index contributed by atoms with van der Waals surface area (Å²) in [5.41, 5.74) is 5.88. The van der Waals surface area contributed by atoms with Gasteiger partial charge in [-0.2, -0.15) is 0 Å². The Bertz CT molecular complexity index is 170. The average molecular weight is 213 g/mol. The molecule has 1 saturated heterocycles. The van der Waals surface area contributed by atoms with Gasteiger partial charge < -0.3 is 10.6 Å². The Morgan fingerprint density at radius 1 is 1.47 bits per heavy atom. The van der Waals surface area contributed by atoms with E-state index in [2.05, 4.69) is 30.8 Å². The van der Waals surface area contributed by atoms with Crippen molar-refractivity contribution in [2.75, 3.05) is 33.7 Å². The lowest BCUT2D eigenvalue weighted by molar-refractivity contribution is 0.148. The van der Waals surface area contributed by atoms with Crippen LogP contribution < -0.4 is 5.73 Å². The van der Waals surface area contributed by atoms with E-state index in [0.29, 0.717) is 6.04 Å². The van der Waals surface area contributed by atoms with Crippen LogP contribution in [0.25, 0.3) is 0 Å². The van der Waals surface area contributed by atoms with Crippen LogP contribution in [0.5, 0.6) is 0 Å². The number of nitrogens with zero attached hydrogens (tertiary/aromatic N) is 2. The number of hydrogen-bond donors (Lipinski definition) is 1. The molecule has 15 heavy (non-hydrogen) atoms. The van der Waals surface area contributed by atoms with Gasteiger partial charge in [-0.1, -0.05) is 13.3 Å². The average Bonchev–Trinajstić information content (AvgIpc) is 2.61. The third-order valence-electron chi connectivity index (χ3n) is 3.36. The lowest BCUT2D eigenvalue weighted by Gasteiger charge is -2.33. The topological polar surface area (TPSA) is 32.5 Å². The second-order valence-corrected chi connectivity index (χ2v) is 4.97. The molecule has 3 heteroatoms. The summed E-state index contributed by atoms with van der Waals surface area (Å²) in [5, 5.41) is 0. The molecule has 90 valence electrons. The Labute approximate surface area is 94.6 Å². The van der Waals surface area contributed by atoms with E-state index in [4.69, 9.17) is 5.73 Å². The Morgan fingerprint density at radius 2 is 2.20 bits per heavy atom. The van der Waals surface area contributed by atoms with Gasteiger partial charge in [-0.15, -0.1) is 0 Å². The molecule has 0 spiro atoms. The smallest absolute Gasteiger partial charge is 0.0226 e. The van der Waals surface area contributed by atoms with E-state index >= 15 is 0 Å². The van der Waals surface area contributed by atoms with Gasteiger partial charge >= 0.3 is 0 Å². The van der Waals surface area contributed by atoms with Gasteiger partial charge in [-0.3, -0.25) is 4.90 Å². The van der Waals surface area contributed by atoms with Gasteiger partial charge in [0, 0.05) is 25.2 Å². The number of rotatable bonds is 6. The fourth-order valence-corrected chi connectivity index (χ4v) is 2.71. The predicted molar refractivity (Wildman–Crippen MR) is 66.0 cm³/mol. The van der Waals surface area contributed by atoms with Crippen molar-refractivity contribution in [2.24, 2.45) is 5.73 Å². The van der Waals surface area contributed by atoms with Gasteiger partial charge in [-0.25, -0.2) is 0 Å². The maximum Gasteiger partial charge on any atom is 0.0226 e. The van der Waals surface area contributed by atoms with Gasteiger partial charge in [0.05, 0.1) is 0 Å². The zero-order valence-corrected chi connectivity index (χ0v) is 10.6. The third kappa shape index (κ3) is 3.74. The molecule has 1 aliphatic rings. The first-order valence-corrected chi connectivity index (χ1v) is 6.29. The SMILES string of the molecule is CCCC(CN)N1CCCC1CN(C)C. The first-order chi connectivity index (χ1) is 7.19. The van der Waals surface area contributed by atoms with E-state index in [1.807, 2.05) is 0 Å². The van der Waals surface area contributed by atoms with E-state index in [9.17, 15) is 0 Å². The highest BCUT2D eigenvalue weighted by molar-refractivity contribution is 4.86. The van der Waals surface area contributed by atoms with E-state index in [-0.39, 0.29) is 0 Å². The minimum absolute atomic E-state index is 0.613. The Balaban J connectivity index is 2.49. The first kappa shape index (κ1) is 12.9. The Hall–Kier alpha value is -0.120. The number of likely N-dealkylation sites (tertiary alicyclic amines) is 1. The molecule has 0 aromatic rings. The number of nitrogens with two attached hydrogens (primary N) is 1. The molecule has 0 aliphatic carbocycles. The largest absolute Gasteiger partial charge is 0.329 e. The molecule has 2 unspecified atom stereocenters. The van der Waals surface area contributed by atoms with Gasteiger partial charge in [0.25, 0.3) is 0 Å². The molecule has 0 radical (unpaired) electrons. The summed E-state index contributed by atoms with van der Waals surface area (Å²) in [6.45, 7) is 5.50. The van der Waals surface area contributed by atoms with Crippen LogP contribution in [0.2, 0.25) is 0 Å². The minimum atomic E-state index is 0.613. The third-order valence-corrected chi connectivity index (χ3v) is 3.36. The van der Waals surface area contributed by atoms with E-state index in [1.54, 1.807) is 0 Å². The first-order valence-electron chi connectivity index (χ1n) is 6.29. The summed E-state index contributed by atoms with van der Waals surface area (Å²) in [4.78, 5) is 4.94. The molecule has 0 aromatic heterocycles. The van der Waals surface area contributed by atoms with E-state index in [1.165, 1.54) is 38.8 Å². The number of likely N-dealkylation sites (N-methyl/N-ethyl adjacent to an activating group) is 1. The van der Waals surface area contributed by atoms with Crippen LogP contribution in [-0.2, 0) is 0 Å². The van der Waals surface area contributed by atoms with Crippen molar-refractivity contribution in [1.82, 2.24) is 9.80 Å². The fourth-order valence-electron chi connectivity index (χ4n) is 2.71. The van der Waals surface area contributed by atoms with Crippen molar-refractivity contribution in [3.8, 4) is 0 Å². The molecule has 2 N–H and O–H groups in total. The van der Waals surface area contributed by atoms with Crippen molar-refractivity contribution in [3.05, 3.63) is 0 Å². The normalized spacial score (nSPS) is 25.0. The summed E-state index contributed by atoms with van der Waals surface area (Å²) in [6, 6.07) is 1.35. The summed E-state index contributed by atoms with van der Waals surface area (Å²) >= 11 is 0. The molecule has 0 bridgehead atoms. The van der Waals surface area contributed by atoms with Crippen molar-refractivity contribution < 1.29 is 0 Å². The lowest BCUT2D eigenvalue weighted by Crippen LogP contribution is -2.46. The molecule has 0 amide bonds. The predicted octanol–water partition coefficient (Wildman–Crippen LogP) is 1.14. The van der Waals surface area contributed by atoms with Crippen molar-refractivity contribution in [1.29, 1.82) is 0 Å². The molecule has 1 rings (SSSR count). The van der Waals surface area contributed by atoms with Crippen LogP contribution in [0.1, 0.15) is 32.6 Å². The van der Waals surface area contributed by atoms with Crippen molar-refractivity contribution in [2.45, 2.75) is 44.7 Å². The molecule has 1 aliphatic heterocycles. The van der Waals surface area contributed by atoms with Crippen LogP contribution in [0, 0.1) is 0 Å². The van der Waals surface area contributed by atoms with E-state index < -0.39 is 0 Å². The van der Waals surface area contributed by atoms with Gasteiger partial charge in [0.2, 0.25) is 0 Å². The second kappa shape index (κ2) is 6.46. The highest BCUT2D eigenvalue weighted by atomic mass is 15.2. The van der Waals surface area contributed by atoms with Crippen LogP contribution in [0.3, 0.4) is 0 Å². The van der Waals surface area contributed by atoms with E-state index in [0.717, 1.165) is 12.6 Å². The molecule has 2 atom stereocenters. The monoisotopic (exact) mass is 213 g/mol. The standard InChI is InChI=1S/C12H27N3/c1-4-6-11(9-13)15-8-5-7-12(15)10-14(2)3/h11-12H,4-10,13H2,1-3H3.